The van der Waals surface area contributed by atoms with Crippen molar-refractivity contribution in [1.29, 1.82) is 0 Å². The Kier molecular flexibility index (Phi) is 4.36. The third-order valence-corrected chi connectivity index (χ3v) is 5.40. The maximum Gasteiger partial charge on any atom is 0.254 e. The Hall–Kier alpha value is -1.93. The molecule has 2 aromatic heterocycles. The summed E-state index contributed by atoms with van der Waals surface area (Å²) in [6, 6.07) is 0.279. The number of carbonyl (C=O) groups excluding carboxylic acids is 1. The fraction of sp³-hybridized carbons (Fsp3) is 0.533. The molecule has 0 fully saturated rings. The molecule has 0 saturated heterocycles. The molecule has 23 heavy (non-hydrogen) atoms. The van der Waals surface area contributed by atoms with Gasteiger partial charge in [0, 0.05) is 36.5 Å². The first-order valence-electron chi connectivity index (χ1n) is 7.72. The Morgan fingerprint density at radius 3 is 3.04 bits per heavy atom. The van der Waals surface area contributed by atoms with Crippen LogP contribution in [0, 0.1) is 19.8 Å². The zero-order valence-electron chi connectivity index (χ0n) is 13.6. The molecule has 0 bridgehead atoms. The van der Waals surface area contributed by atoms with E-state index in [0.29, 0.717) is 11.5 Å². The van der Waals surface area contributed by atoms with E-state index in [0.717, 1.165) is 36.2 Å². The molecule has 1 aliphatic heterocycles. The van der Waals surface area contributed by atoms with Crippen molar-refractivity contribution in [3.63, 3.8) is 0 Å². The second-order valence-corrected chi connectivity index (χ2v) is 7.25. The van der Waals surface area contributed by atoms with Gasteiger partial charge in [0.15, 0.2) is 0 Å². The lowest BCUT2D eigenvalue weighted by atomic mass is 10.1. The molecule has 3 heterocycles. The molecule has 2 aromatic rings. The number of nitrogens with zero attached hydrogens (tertiary/aromatic N) is 3. The van der Waals surface area contributed by atoms with Gasteiger partial charge in [-0.1, -0.05) is 0 Å². The summed E-state index contributed by atoms with van der Waals surface area (Å²) < 4.78 is 1.82. The third-order valence-electron chi connectivity index (χ3n) is 4.14. The minimum Gasteiger partial charge on any atom is -0.369 e. The third kappa shape index (κ3) is 3.23. The summed E-state index contributed by atoms with van der Waals surface area (Å²) in [5.41, 5.74) is 6.91. The van der Waals surface area contributed by atoms with Crippen molar-refractivity contribution < 1.29 is 4.79 Å². The predicted molar refractivity (Wildman–Crippen MR) is 90.7 cm³/mol. The molecule has 3 rings (SSSR count). The summed E-state index contributed by atoms with van der Waals surface area (Å²) in [4.78, 5) is 17.1. The van der Waals surface area contributed by atoms with Gasteiger partial charge >= 0.3 is 0 Å². The number of hydrogen-bond donors (Lipinski definition) is 3. The SMILES string of the molecule is Cc1nc(C)c([C@@H](C)NC[C@H]2CNc3c(C(N)=O)cnn3C2)s1. The average molecular weight is 334 g/mol. The van der Waals surface area contributed by atoms with Gasteiger partial charge in [-0.3, -0.25) is 4.79 Å². The van der Waals surface area contributed by atoms with E-state index in [1.807, 2.05) is 11.6 Å². The first-order chi connectivity index (χ1) is 11.0. The molecule has 8 heteroatoms. The van der Waals surface area contributed by atoms with Crippen LogP contribution in [0.25, 0.3) is 0 Å². The van der Waals surface area contributed by atoms with Crippen molar-refractivity contribution in [1.82, 2.24) is 20.1 Å². The number of anilines is 1. The molecule has 7 nitrogen and oxygen atoms in total. The van der Waals surface area contributed by atoms with Gasteiger partial charge in [-0.05, 0) is 20.8 Å². The van der Waals surface area contributed by atoms with Gasteiger partial charge in [0.1, 0.15) is 11.4 Å². The molecule has 0 aliphatic carbocycles. The molecular formula is C15H22N6OS. The van der Waals surface area contributed by atoms with Crippen molar-refractivity contribution in [3.05, 3.63) is 27.3 Å². The fourth-order valence-electron chi connectivity index (χ4n) is 2.96. The van der Waals surface area contributed by atoms with Crippen LogP contribution in [0.2, 0.25) is 0 Å². The summed E-state index contributed by atoms with van der Waals surface area (Å²) in [6.45, 7) is 8.70. The lowest BCUT2D eigenvalue weighted by Gasteiger charge is -2.27. The first kappa shape index (κ1) is 15.9. The zero-order valence-corrected chi connectivity index (χ0v) is 14.4. The fourth-order valence-corrected chi connectivity index (χ4v) is 3.92. The summed E-state index contributed by atoms with van der Waals surface area (Å²) >= 11 is 1.75. The number of aromatic nitrogens is 3. The largest absolute Gasteiger partial charge is 0.369 e. The van der Waals surface area contributed by atoms with Gasteiger partial charge in [0.2, 0.25) is 0 Å². The second-order valence-electron chi connectivity index (χ2n) is 6.01. The van der Waals surface area contributed by atoms with Crippen LogP contribution in [0.1, 0.15) is 38.9 Å². The molecule has 2 atom stereocenters. The monoisotopic (exact) mass is 334 g/mol. The van der Waals surface area contributed by atoms with Crippen LogP contribution in [-0.4, -0.2) is 33.8 Å². The highest BCUT2D eigenvalue weighted by molar-refractivity contribution is 7.11. The van der Waals surface area contributed by atoms with Crippen LogP contribution in [0.3, 0.4) is 0 Å². The Morgan fingerprint density at radius 1 is 1.61 bits per heavy atom. The Balaban J connectivity index is 1.60. The summed E-state index contributed by atoms with van der Waals surface area (Å²) in [5, 5.41) is 12.2. The molecule has 0 spiro atoms. The van der Waals surface area contributed by atoms with E-state index < -0.39 is 5.91 Å². The highest BCUT2D eigenvalue weighted by Gasteiger charge is 2.24. The number of thiazole rings is 1. The van der Waals surface area contributed by atoms with Gasteiger partial charge in [0.25, 0.3) is 5.91 Å². The number of nitrogens with one attached hydrogen (secondary N) is 2. The zero-order chi connectivity index (χ0) is 16.6. The van der Waals surface area contributed by atoms with Crippen LogP contribution < -0.4 is 16.4 Å². The Morgan fingerprint density at radius 2 is 2.39 bits per heavy atom. The maximum absolute atomic E-state index is 11.3. The van der Waals surface area contributed by atoms with Crippen LogP contribution in [0.15, 0.2) is 6.20 Å². The molecular weight excluding hydrogens is 312 g/mol. The molecule has 0 unspecified atom stereocenters. The molecule has 0 aromatic carbocycles. The van der Waals surface area contributed by atoms with E-state index in [-0.39, 0.29) is 6.04 Å². The normalized spacial score (nSPS) is 18.3. The summed E-state index contributed by atoms with van der Waals surface area (Å²) in [5.74, 6) is 0.690. The van der Waals surface area contributed by atoms with Crippen molar-refractivity contribution in [2.45, 2.75) is 33.4 Å². The van der Waals surface area contributed by atoms with Crippen LogP contribution in [0.5, 0.6) is 0 Å². The van der Waals surface area contributed by atoms with Crippen molar-refractivity contribution in [2.24, 2.45) is 11.7 Å². The average Bonchev–Trinajstić information content (AvgIpc) is 3.07. The number of nitrogens with two attached hydrogens (primary N) is 1. The van der Waals surface area contributed by atoms with E-state index in [4.69, 9.17) is 5.73 Å². The number of carbonyl (C=O) groups is 1. The number of aryl methyl sites for hydroxylation is 2. The predicted octanol–water partition coefficient (Wildman–Crippen LogP) is 1.45. The van der Waals surface area contributed by atoms with E-state index >= 15 is 0 Å². The molecule has 0 saturated carbocycles. The molecule has 0 radical (unpaired) electrons. The maximum atomic E-state index is 11.3. The van der Waals surface area contributed by atoms with Gasteiger partial charge < -0.3 is 16.4 Å². The van der Waals surface area contributed by atoms with E-state index in [1.54, 1.807) is 11.3 Å². The molecule has 1 aliphatic rings. The van der Waals surface area contributed by atoms with Gasteiger partial charge in [0.05, 0.1) is 16.9 Å². The Bertz CT molecular complexity index is 722. The highest BCUT2D eigenvalue weighted by Crippen LogP contribution is 2.25. The number of amides is 1. The van der Waals surface area contributed by atoms with E-state index in [2.05, 4.69) is 34.6 Å². The van der Waals surface area contributed by atoms with Gasteiger partial charge in [-0.25, -0.2) is 9.67 Å². The number of rotatable bonds is 5. The van der Waals surface area contributed by atoms with Crippen molar-refractivity contribution >= 4 is 23.1 Å². The topological polar surface area (TPSA) is 97.9 Å². The van der Waals surface area contributed by atoms with Crippen LogP contribution in [-0.2, 0) is 6.54 Å². The summed E-state index contributed by atoms with van der Waals surface area (Å²) in [7, 11) is 0. The standard InChI is InChI=1S/C15H22N6OS/c1-8(13-9(2)20-10(3)23-13)17-4-11-5-18-15-12(14(16)22)6-19-21(15)7-11/h6,8,11,17-18H,4-5,7H2,1-3H3,(H2,16,22)/t8-,11+/m1/s1. The minimum atomic E-state index is -0.444. The first-order valence-corrected chi connectivity index (χ1v) is 8.54. The van der Waals surface area contributed by atoms with Crippen molar-refractivity contribution in [2.75, 3.05) is 18.4 Å². The second kappa shape index (κ2) is 6.29. The highest BCUT2D eigenvalue weighted by atomic mass is 32.1. The quantitative estimate of drug-likeness (QED) is 0.769. The number of fused-ring (bicyclic) bond motifs is 1. The number of hydrogen-bond acceptors (Lipinski definition) is 6. The van der Waals surface area contributed by atoms with E-state index in [1.165, 1.54) is 11.1 Å². The molecule has 1 amide bonds. The van der Waals surface area contributed by atoms with Gasteiger partial charge in [-0.15, -0.1) is 11.3 Å². The minimum absolute atomic E-state index is 0.279. The van der Waals surface area contributed by atoms with Gasteiger partial charge in [-0.2, -0.15) is 5.10 Å². The van der Waals surface area contributed by atoms with Crippen LogP contribution >= 0.6 is 11.3 Å². The van der Waals surface area contributed by atoms with Crippen LogP contribution in [0.4, 0.5) is 5.82 Å². The van der Waals surface area contributed by atoms with E-state index in [9.17, 15) is 4.79 Å². The smallest absolute Gasteiger partial charge is 0.254 e. The summed E-state index contributed by atoms with van der Waals surface area (Å²) in [6.07, 6.45) is 1.53. The molecule has 4 N–H and O–H groups in total. The number of primary amides is 1. The van der Waals surface area contributed by atoms with Crippen molar-refractivity contribution in [3.8, 4) is 0 Å². The lowest BCUT2D eigenvalue weighted by molar-refractivity contribution is 0.100. The Labute approximate surface area is 139 Å². The lowest BCUT2D eigenvalue weighted by Crippen LogP contribution is -2.36. The molecule has 124 valence electrons.